The van der Waals surface area contributed by atoms with Crippen LogP contribution in [0, 0.1) is 0 Å². The van der Waals surface area contributed by atoms with Gasteiger partial charge in [0.1, 0.15) is 5.82 Å². The highest BCUT2D eigenvalue weighted by Crippen LogP contribution is 2.24. The summed E-state index contributed by atoms with van der Waals surface area (Å²) in [4.78, 5) is 6.47. The number of hydrogen-bond donors (Lipinski definition) is 3. The van der Waals surface area contributed by atoms with Crippen molar-refractivity contribution in [3.05, 3.63) is 23.9 Å². The lowest BCUT2D eigenvalue weighted by atomic mass is 10.1. The van der Waals surface area contributed by atoms with Crippen molar-refractivity contribution < 1.29 is 5.11 Å². The highest BCUT2D eigenvalue weighted by molar-refractivity contribution is 5.35. The molecule has 0 spiro atoms. The van der Waals surface area contributed by atoms with Gasteiger partial charge in [-0.1, -0.05) is 12.8 Å². The molecule has 0 radical (unpaired) electrons. The maximum Gasteiger partial charge on any atom is 0.140 e. The zero-order valence-electron chi connectivity index (χ0n) is 10.7. The third kappa shape index (κ3) is 3.41. The number of aliphatic hydroxyl groups is 1. The molecule has 0 amide bonds. The van der Waals surface area contributed by atoms with Gasteiger partial charge >= 0.3 is 0 Å². The Kier molecular flexibility index (Phi) is 4.92. The van der Waals surface area contributed by atoms with Gasteiger partial charge in [0.15, 0.2) is 0 Å². The molecule has 1 fully saturated rings. The smallest absolute Gasteiger partial charge is 0.140 e. The van der Waals surface area contributed by atoms with Crippen LogP contribution in [-0.2, 0) is 6.54 Å². The summed E-state index contributed by atoms with van der Waals surface area (Å²) in [6, 6.07) is 4.57. The molecule has 0 aromatic carbocycles. The Morgan fingerprint density at radius 1 is 1.44 bits per heavy atom. The number of nitrogens with zero attached hydrogens (tertiary/aromatic N) is 2. The molecule has 0 saturated heterocycles. The molecule has 1 saturated carbocycles. The van der Waals surface area contributed by atoms with Crippen molar-refractivity contribution in [2.75, 3.05) is 18.6 Å². The molecule has 18 heavy (non-hydrogen) atoms. The zero-order chi connectivity index (χ0) is 12.8. The minimum Gasteiger partial charge on any atom is -0.395 e. The maximum atomic E-state index is 9.19. The van der Waals surface area contributed by atoms with Crippen molar-refractivity contribution in [2.45, 2.75) is 38.3 Å². The van der Waals surface area contributed by atoms with E-state index in [9.17, 15) is 5.11 Å². The summed E-state index contributed by atoms with van der Waals surface area (Å²) in [6.45, 7) is 1.80. The largest absolute Gasteiger partial charge is 0.395 e. The van der Waals surface area contributed by atoms with E-state index in [-0.39, 0.29) is 6.61 Å². The summed E-state index contributed by atoms with van der Waals surface area (Å²) < 4.78 is 0. The number of nitrogens with two attached hydrogens (primary N) is 1. The van der Waals surface area contributed by atoms with E-state index in [1.807, 2.05) is 12.1 Å². The lowest BCUT2D eigenvalue weighted by molar-refractivity contribution is 0.145. The topological polar surface area (TPSA) is 74.4 Å². The number of aromatic nitrogens is 1. The van der Waals surface area contributed by atoms with Crippen molar-refractivity contribution in [1.82, 2.24) is 9.88 Å². The van der Waals surface area contributed by atoms with E-state index in [4.69, 9.17) is 5.84 Å². The monoisotopic (exact) mass is 250 g/mol. The minimum absolute atomic E-state index is 0.212. The van der Waals surface area contributed by atoms with Crippen molar-refractivity contribution >= 4 is 5.82 Å². The van der Waals surface area contributed by atoms with Crippen LogP contribution < -0.4 is 11.3 Å². The highest BCUT2D eigenvalue weighted by Gasteiger charge is 2.22. The van der Waals surface area contributed by atoms with E-state index >= 15 is 0 Å². The summed E-state index contributed by atoms with van der Waals surface area (Å²) in [5.41, 5.74) is 3.74. The zero-order valence-corrected chi connectivity index (χ0v) is 10.7. The van der Waals surface area contributed by atoms with Gasteiger partial charge in [0.05, 0.1) is 6.61 Å². The summed E-state index contributed by atoms with van der Waals surface area (Å²) >= 11 is 0. The molecule has 1 heterocycles. The lowest BCUT2D eigenvalue weighted by Gasteiger charge is -2.28. The van der Waals surface area contributed by atoms with Gasteiger partial charge in [-0.3, -0.25) is 4.90 Å². The molecule has 0 aliphatic heterocycles. The number of nitrogens with one attached hydrogen (secondary N) is 1. The molecule has 0 bridgehead atoms. The average Bonchev–Trinajstić information content (AvgIpc) is 2.92. The van der Waals surface area contributed by atoms with Crippen LogP contribution in [0.3, 0.4) is 0 Å². The van der Waals surface area contributed by atoms with Crippen molar-refractivity contribution in [2.24, 2.45) is 5.84 Å². The Bertz CT molecular complexity index is 366. The molecule has 100 valence electrons. The molecule has 1 aromatic heterocycles. The number of pyridine rings is 1. The summed E-state index contributed by atoms with van der Waals surface area (Å²) in [5.74, 6) is 6.05. The van der Waals surface area contributed by atoms with Crippen LogP contribution >= 0.6 is 0 Å². The van der Waals surface area contributed by atoms with Crippen molar-refractivity contribution in [1.29, 1.82) is 0 Å². The second-order valence-electron chi connectivity index (χ2n) is 4.83. The van der Waals surface area contributed by atoms with Crippen LogP contribution in [0.4, 0.5) is 5.82 Å². The van der Waals surface area contributed by atoms with Crippen LogP contribution in [0.5, 0.6) is 0 Å². The van der Waals surface area contributed by atoms with Crippen LogP contribution in [-0.4, -0.2) is 34.2 Å². The third-order valence-corrected chi connectivity index (χ3v) is 3.59. The molecular weight excluding hydrogens is 228 g/mol. The fourth-order valence-corrected chi connectivity index (χ4v) is 2.67. The minimum atomic E-state index is 0.212. The molecule has 1 aliphatic rings. The van der Waals surface area contributed by atoms with Gasteiger partial charge in [0.2, 0.25) is 0 Å². The number of aliphatic hydroxyl groups excluding tert-OH is 1. The van der Waals surface area contributed by atoms with Gasteiger partial charge in [-0.25, -0.2) is 10.8 Å². The van der Waals surface area contributed by atoms with E-state index in [0.717, 1.165) is 13.1 Å². The first-order valence-electron chi connectivity index (χ1n) is 6.60. The predicted molar refractivity (Wildman–Crippen MR) is 71.8 cm³/mol. The lowest BCUT2D eigenvalue weighted by Crippen LogP contribution is -2.35. The Morgan fingerprint density at radius 2 is 2.22 bits per heavy atom. The number of nitrogen functional groups attached to an aromatic ring is 1. The first-order valence-corrected chi connectivity index (χ1v) is 6.60. The first-order chi connectivity index (χ1) is 8.83. The summed E-state index contributed by atoms with van der Waals surface area (Å²) in [5, 5.41) is 9.19. The van der Waals surface area contributed by atoms with Crippen LogP contribution in [0.1, 0.15) is 31.2 Å². The Morgan fingerprint density at radius 3 is 2.89 bits per heavy atom. The van der Waals surface area contributed by atoms with Gasteiger partial charge in [-0.05, 0) is 30.5 Å². The third-order valence-electron chi connectivity index (χ3n) is 3.59. The second-order valence-corrected chi connectivity index (χ2v) is 4.83. The van der Waals surface area contributed by atoms with Gasteiger partial charge in [-0.15, -0.1) is 0 Å². The SMILES string of the molecule is NNc1cc(CN(CCO)C2CCCC2)ccn1. The van der Waals surface area contributed by atoms with E-state index in [1.165, 1.54) is 31.2 Å². The van der Waals surface area contributed by atoms with Gasteiger partial charge in [0, 0.05) is 25.3 Å². The molecule has 1 aliphatic carbocycles. The van der Waals surface area contributed by atoms with Gasteiger partial charge < -0.3 is 10.5 Å². The number of rotatable bonds is 6. The number of hydrogen-bond acceptors (Lipinski definition) is 5. The summed E-state index contributed by atoms with van der Waals surface area (Å²) in [7, 11) is 0. The first kappa shape index (κ1) is 13.3. The van der Waals surface area contributed by atoms with E-state index in [2.05, 4.69) is 15.3 Å². The standard InChI is InChI=1S/C13H22N4O/c14-16-13-9-11(5-6-15-13)10-17(7-8-18)12-3-1-2-4-12/h5-6,9,12,18H,1-4,7-8,10,14H2,(H,15,16). The van der Waals surface area contributed by atoms with E-state index in [1.54, 1.807) is 6.20 Å². The molecule has 0 unspecified atom stereocenters. The van der Waals surface area contributed by atoms with E-state index in [0.29, 0.717) is 11.9 Å². The number of hydrazine groups is 1. The van der Waals surface area contributed by atoms with Crippen LogP contribution in [0.25, 0.3) is 0 Å². The molecule has 0 atom stereocenters. The van der Waals surface area contributed by atoms with Crippen molar-refractivity contribution in [3.63, 3.8) is 0 Å². The number of anilines is 1. The fourth-order valence-electron chi connectivity index (χ4n) is 2.67. The molecular formula is C13H22N4O. The van der Waals surface area contributed by atoms with E-state index < -0.39 is 0 Å². The Balaban J connectivity index is 2.02. The highest BCUT2D eigenvalue weighted by atomic mass is 16.3. The summed E-state index contributed by atoms with van der Waals surface area (Å²) in [6.07, 6.45) is 6.85. The van der Waals surface area contributed by atoms with Gasteiger partial charge in [0.25, 0.3) is 0 Å². The van der Waals surface area contributed by atoms with Crippen molar-refractivity contribution in [3.8, 4) is 0 Å². The molecule has 4 N–H and O–H groups in total. The second kappa shape index (κ2) is 6.68. The maximum absolute atomic E-state index is 9.19. The average molecular weight is 250 g/mol. The normalized spacial score (nSPS) is 16.4. The van der Waals surface area contributed by atoms with Gasteiger partial charge in [-0.2, -0.15) is 0 Å². The quantitative estimate of drug-likeness (QED) is 0.521. The molecule has 5 nitrogen and oxygen atoms in total. The fraction of sp³-hybridized carbons (Fsp3) is 0.615. The predicted octanol–water partition coefficient (Wildman–Crippen LogP) is 1.10. The Hall–Kier alpha value is -1.17. The van der Waals surface area contributed by atoms with Crippen LogP contribution in [0.15, 0.2) is 18.3 Å². The molecule has 2 rings (SSSR count). The Labute approximate surface area is 108 Å². The van der Waals surface area contributed by atoms with Crippen LogP contribution in [0.2, 0.25) is 0 Å². The molecule has 1 aromatic rings. The molecule has 5 heteroatoms.